The van der Waals surface area contributed by atoms with Crippen molar-refractivity contribution in [1.82, 2.24) is 0 Å². The van der Waals surface area contributed by atoms with Crippen molar-refractivity contribution in [2.24, 2.45) is 0 Å². The number of benzene rings is 1. The minimum atomic E-state index is -0.593. The lowest BCUT2D eigenvalue weighted by Gasteiger charge is -2.12. The molecular weight excluding hydrogens is 312 g/mol. The van der Waals surface area contributed by atoms with Gasteiger partial charge in [0.05, 0.1) is 6.61 Å². The van der Waals surface area contributed by atoms with Crippen LogP contribution in [0.1, 0.15) is 96.5 Å². The highest BCUT2D eigenvalue weighted by Gasteiger charge is 2.11. The molecule has 1 aromatic rings. The van der Waals surface area contributed by atoms with Crippen molar-refractivity contribution >= 4 is 6.16 Å². The molecule has 0 spiro atoms. The summed E-state index contributed by atoms with van der Waals surface area (Å²) in [6, 6.07) is 7.63. The van der Waals surface area contributed by atoms with Crippen LogP contribution in [0.15, 0.2) is 24.3 Å². The molecule has 0 amide bonds. The van der Waals surface area contributed by atoms with Crippen molar-refractivity contribution in [3.63, 3.8) is 0 Å². The zero-order valence-electron chi connectivity index (χ0n) is 16.4. The number of unbranched alkanes of at least 4 members (excludes halogenated alkanes) is 9. The lowest BCUT2D eigenvalue weighted by Crippen LogP contribution is -2.12. The summed E-state index contributed by atoms with van der Waals surface area (Å²) in [6.45, 7) is 6.86. The van der Waals surface area contributed by atoms with Gasteiger partial charge in [-0.2, -0.15) is 0 Å². The maximum atomic E-state index is 11.8. The molecule has 25 heavy (non-hydrogen) atoms. The third-order valence-electron chi connectivity index (χ3n) is 4.45. The Bertz CT molecular complexity index is 468. The Hall–Kier alpha value is -1.51. The van der Waals surface area contributed by atoms with Crippen LogP contribution in [0.2, 0.25) is 0 Å². The average molecular weight is 349 g/mol. The topological polar surface area (TPSA) is 35.5 Å². The molecule has 0 atom stereocenters. The quantitative estimate of drug-likeness (QED) is 0.214. The van der Waals surface area contributed by atoms with Crippen LogP contribution in [0.5, 0.6) is 5.75 Å². The molecule has 3 nitrogen and oxygen atoms in total. The van der Waals surface area contributed by atoms with Crippen molar-refractivity contribution in [2.45, 2.75) is 90.9 Å². The molecule has 1 rings (SSSR count). The van der Waals surface area contributed by atoms with E-state index in [0.717, 1.165) is 18.4 Å². The second-order valence-corrected chi connectivity index (χ2v) is 7.08. The summed E-state index contributed by atoms with van der Waals surface area (Å²) < 4.78 is 10.5. The number of carbonyl (C=O) groups is 1. The fraction of sp³-hybridized carbons (Fsp3) is 0.682. The Morgan fingerprint density at radius 3 is 2.04 bits per heavy atom. The van der Waals surface area contributed by atoms with Crippen molar-refractivity contribution in [3.05, 3.63) is 29.8 Å². The highest BCUT2D eigenvalue weighted by molar-refractivity contribution is 5.64. The molecule has 3 heteroatoms. The molecule has 0 radical (unpaired) electrons. The van der Waals surface area contributed by atoms with Gasteiger partial charge in [-0.15, -0.1) is 0 Å². The molecular formula is C22H36O3. The number of hydrogen-bond donors (Lipinski definition) is 0. The predicted molar refractivity (Wildman–Crippen MR) is 104 cm³/mol. The molecule has 0 unspecified atom stereocenters. The predicted octanol–water partition coefficient (Wildman–Crippen LogP) is 7.25. The standard InChI is InChI=1S/C22H36O3/c1-4-5-6-7-8-9-10-11-12-15-18-24-22(23)25-21-17-14-13-16-20(21)19(2)3/h13-14,16-17,19H,4-12,15,18H2,1-3H3. The fourth-order valence-electron chi connectivity index (χ4n) is 2.91. The lowest BCUT2D eigenvalue weighted by atomic mass is 10.0. The summed E-state index contributed by atoms with van der Waals surface area (Å²) in [5.74, 6) is 0.913. The maximum Gasteiger partial charge on any atom is 0.513 e. The third kappa shape index (κ3) is 10.2. The Kier molecular flexibility index (Phi) is 11.8. The first kappa shape index (κ1) is 21.5. The summed E-state index contributed by atoms with van der Waals surface area (Å²) in [5.41, 5.74) is 1.03. The van der Waals surface area contributed by atoms with Gasteiger partial charge in [-0.1, -0.05) is 96.8 Å². The molecule has 0 fully saturated rings. The number of ether oxygens (including phenoxy) is 2. The third-order valence-corrected chi connectivity index (χ3v) is 4.45. The van der Waals surface area contributed by atoms with Gasteiger partial charge in [-0.3, -0.25) is 0 Å². The Morgan fingerprint density at radius 2 is 1.44 bits per heavy atom. The van der Waals surface area contributed by atoms with E-state index in [4.69, 9.17) is 9.47 Å². The number of hydrogen-bond acceptors (Lipinski definition) is 3. The van der Waals surface area contributed by atoms with Gasteiger partial charge in [0.15, 0.2) is 0 Å². The molecule has 0 aliphatic heterocycles. The van der Waals surface area contributed by atoms with E-state index in [1.807, 2.05) is 24.3 Å². The van der Waals surface area contributed by atoms with Gasteiger partial charge in [0.1, 0.15) is 5.75 Å². The Morgan fingerprint density at radius 1 is 0.880 bits per heavy atom. The number of para-hydroxylation sites is 1. The van der Waals surface area contributed by atoms with Crippen molar-refractivity contribution in [3.8, 4) is 5.75 Å². The maximum absolute atomic E-state index is 11.8. The molecule has 0 saturated heterocycles. The monoisotopic (exact) mass is 348 g/mol. The number of rotatable bonds is 13. The smallest absolute Gasteiger partial charge is 0.434 e. The number of carbonyl (C=O) groups excluding carboxylic acids is 1. The van der Waals surface area contributed by atoms with Gasteiger partial charge in [-0.05, 0) is 24.0 Å². The summed E-state index contributed by atoms with van der Waals surface area (Å²) in [4.78, 5) is 11.8. The second kappa shape index (κ2) is 13.7. The first-order chi connectivity index (χ1) is 12.1. The van der Waals surface area contributed by atoms with Crippen LogP contribution in [0.25, 0.3) is 0 Å². The van der Waals surface area contributed by atoms with Crippen LogP contribution >= 0.6 is 0 Å². The molecule has 1 aromatic carbocycles. The molecule has 0 bridgehead atoms. The summed E-state index contributed by atoms with van der Waals surface area (Å²) in [7, 11) is 0. The molecule has 0 aromatic heterocycles. The normalized spacial score (nSPS) is 10.9. The molecule has 0 aliphatic rings. The van der Waals surface area contributed by atoms with E-state index in [2.05, 4.69) is 20.8 Å². The molecule has 0 N–H and O–H groups in total. The first-order valence-electron chi connectivity index (χ1n) is 10.1. The van der Waals surface area contributed by atoms with Gasteiger partial charge in [0.2, 0.25) is 0 Å². The average Bonchev–Trinajstić information content (AvgIpc) is 2.60. The minimum Gasteiger partial charge on any atom is -0.434 e. The van der Waals surface area contributed by atoms with Crippen LogP contribution in [-0.4, -0.2) is 12.8 Å². The van der Waals surface area contributed by atoms with Gasteiger partial charge >= 0.3 is 6.16 Å². The Balaban J connectivity index is 2.04. The van der Waals surface area contributed by atoms with Crippen LogP contribution in [-0.2, 0) is 4.74 Å². The van der Waals surface area contributed by atoms with Crippen LogP contribution < -0.4 is 4.74 Å². The SMILES string of the molecule is CCCCCCCCCCCCOC(=O)Oc1ccccc1C(C)C. The largest absolute Gasteiger partial charge is 0.513 e. The zero-order chi connectivity index (χ0) is 18.3. The minimum absolute atomic E-state index is 0.311. The summed E-state index contributed by atoms with van der Waals surface area (Å²) in [6.07, 6.45) is 12.1. The second-order valence-electron chi connectivity index (χ2n) is 7.08. The molecule has 0 saturated carbocycles. The highest BCUT2D eigenvalue weighted by atomic mass is 16.7. The van der Waals surface area contributed by atoms with Crippen LogP contribution in [0, 0.1) is 0 Å². The lowest BCUT2D eigenvalue weighted by molar-refractivity contribution is 0.0968. The van der Waals surface area contributed by atoms with E-state index in [-0.39, 0.29) is 0 Å². The Labute approximate surface area is 154 Å². The van der Waals surface area contributed by atoms with E-state index in [1.165, 1.54) is 51.4 Å². The van der Waals surface area contributed by atoms with Gasteiger partial charge in [0, 0.05) is 0 Å². The molecule has 0 heterocycles. The van der Waals surface area contributed by atoms with Crippen LogP contribution in [0.3, 0.4) is 0 Å². The highest BCUT2D eigenvalue weighted by Crippen LogP contribution is 2.26. The van der Waals surface area contributed by atoms with Crippen LogP contribution in [0.4, 0.5) is 4.79 Å². The van der Waals surface area contributed by atoms with Gasteiger partial charge < -0.3 is 9.47 Å². The zero-order valence-corrected chi connectivity index (χ0v) is 16.4. The van der Waals surface area contributed by atoms with E-state index < -0.39 is 6.16 Å². The van der Waals surface area contributed by atoms with E-state index in [1.54, 1.807) is 0 Å². The molecule has 0 aliphatic carbocycles. The first-order valence-corrected chi connectivity index (χ1v) is 10.1. The van der Waals surface area contributed by atoms with Crippen molar-refractivity contribution in [2.75, 3.05) is 6.61 Å². The molecule has 142 valence electrons. The van der Waals surface area contributed by atoms with Gasteiger partial charge in [-0.25, -0.2) is 4.79 Å². The summed E-state index contributed by atoms with van der Waals surface area (Å²) >= 11 is 0. The summed E-state index contributed by atoms with van der Waals surface area (Å²) in [5, 5.41) is 0. The van der Waals surface area contributed by atoms with E-state index >= 15 is 0 Å². The van der Waals surface area contributed by atoms with E-state index in [9.17, 15) is 4.79 Å². The van der Waals surface area contributed by atoms with Crippen molar-refractivity contribution < 1.29 is 14.3 Å². The fourth-order valence-corrected chi connectivity index (χ4v) is 2.91. The van der Waals surface area contributed by atoms with Crippen molar-refractivity contribution in [1.29, 1.82) is 0 Å². The van der Waals surface area contributed by atoms with Gasteiger partial charge in [0.25, 0.3) is 0 Å². The van der Waals surface area contributed by atoms with E-state index in [0.29, 0.717) is 18.3 Å².